The van der Waals surface area contributed by atoms with Gasteiger partial charge in [0.2, 0.25) is 11.8 Å². The molecule has 0 aliphatic heterocycles. The molecule has 0 atom stereocenters. The van der Waals surface area contributed by atoms with Gasteiger partial charge in [0.15, 0.2) is 0 Å². The topological polar surface area (TPSA) is 58.2 Å². The van der Waals surface area contributed by atoms with Crippen molar-refractivity contribution in [2.24, 2.45) is 5.41 Å². The highest BCUT2D eigenvalue weighted by atomic mass is 16.2. The zero-order valence-electron chi connectivity index (χ0n) is 10.7. The largest absolute Gasteiger partial charge is 0.358 e. The van der Waals surface area contributed by atoms with Gasteiger partial charge in [0, 0.05) is 15.3 Å². The van der Waals surface area contributed by atoms with Crippen LogP contribution in [-0.2, 0) is 9.59 Å². The lowest BCUT2D eigenvalue weighted by Gasteiger charge is -2.20. The lowest BCUT2D eigenvalue weighted by molar-refractivity contribution is -0.131. The lowest BCUT2D eigenvalue weighted by atomic mass is 9.89. The monoisotopic (exact) mass is 220 g/mol. The molecule has 0 aromatic carbocycles. The Kier molecular flexibility index (Phi) is 9.02. The van der Waals surface area contributed by atoms with Crippen LogP contribution in [-0.4, -0.2) is 25.4 Å². The Labute approximate surface area is 95.8 Å². The predicted molar refractivity (Wildman–Crippen MR) is 66.7 cm³/mol. The highest BCUT2D eigenvalue weighted by Crippen LogP contribution is 2.18. The summed E-state index contributed by atoms with van der Waals surface area (Å²) in [4.78, 5) is 22.2. The van der Waals surface area contributed by atoms with E-state index in [1.54, 1.807) is 7.05 Å². The molecular formula is C11H28N2O2. The van der Waals surface area contributed by atoms with Crippen LogP contribution in [0.3, 0.4) is 0 Å². The second-order valence-corrected chi connectivity index (χ2v) is 3.59. The number of nitrogens with one attached hydrogen (secondary N) is 2. The number of amides is 2. The Balaban J connectivity index is -0.000000199. The molecule has 15 heavy (non-hydrogen) atoms. The minimum atomic E-state index is -0.395. The lowest BCUT2D eigenvalue weighted by Crippen LogP contribution is -2.41. The first-order valence-electron chi connectivity index (χ1n) is 5.43. The third-order valence-electron chi connectivity index (χ3n) is 2.19. The molecule has 0 spiro atoms. The molecule has 2 amide bonds. The quantitative estimate of drug-likeness (QED) is 0.759. The number of carbonyl (C=O) groups excluding carboxylic acids is 2. The summed E-state index contributed by atoms with van der Waals surface area (Å²) in [6, 6.07) is 0. The third kappa shape index (κ3) is 6.94. The summed E-state index contributed by atoms with van der Waals surface area (Å²) >= 11 is 0. The van der Waals surface area contributed by atoms with Crippen LogP contribution in [0.4, 0.5) is 0 Å². The molecule has 0 saturated heterocycles. The number of likely N-dealkylation sites (N-methyl/N-ethyl adjacent to an activating group) is 1. The van der Waals surface area contributed by atoms with Crippen LogP contribution in [0.2, 0.25) is 0 Å². The van der Waals surface area contributed by atoms with Gasteiger partial charge in [-0.2, -0.15) is 0 Å². The van der Waals surface area contributed by atoms with Crippen molar-refractivity contribution < 1.29 is 12.4 Å². The molecule has 4 heteroatoms. The van der Waals surface area contributed by atoms with E-state index in [2.05, 4.69) is 10.6 Å². The Morgan fingerprint density at radius 2 is 1.73 bits per heavy atom. The molecule has 0 aromatic heterocycles. The van der Waals surface area contributed by atoms with E-state index in [1.165, 1.54) is 0 Å². The van der Waals surface area contributed by atoms with Gasteiger partial charge < -0.3 is 10.6 Å². The molecule has 2 N–H and O–H groups in total. The zero-order valence-corrected chi connectivity index (χ0v) is 10.7. The normalized spacial score (nSPS) is 9.73. The molecule has 0 radical (unpaired) electrons. The molecule has 0 rings (SSSR count). The minimum Gasteiger partial charge on any atom is -0.358 e. The molecule has 0 aliphatic rings. The first kappa shape index (κ1) is 16.4. The van der Waals surface area contributed by atoms with E-state index >= 15 is 0 Å². The number of hydrogen-bond donors (Lipinski definition) is 2. The average Bonchev–Trinajstić information content (AvgIpc) is 2.27. The van der Waals surface area contributed by atoms with Gasteiger partial charge in [-0.05, 0) is 6.42 Å². The summed E-state index contributed by atoms with van der Waals surface area (Å²) in [6.45, 7) is 9.70. The fourth-order valence-electron chi connectivity index (χ4n) is 0.649. The van der Waals surface area contributed by atoms with Crippen molar-refractivity contribution in [3.63, 3.8) is 0 Å². The van der Waals surface area contributed by atoms with Crippen LogP contribution >= 0.6 is 0 Å². The molecule has 0 aromatic rings. The first-order chi connectivity index (χ1) is 6.94. The van der Waals surface area contributed by atoms with E-state index in [-0.39, 0.29) is 21.2 Å². The van der Waals surface area contributed by atoms with Crippen LogP contribution < -0.4 is 10.6 Å². The Bertz CT molecular complexity index is 210. The summed E-state index contributed by atoms with van der Waals surface area (Å²) in [6.07, 6.45) is 0.757. The predicted octanol–water partition coefficient (Wildman–Crippen LogP) is 1.80. The van der Waals surface area contributed by atoms with Gasteiger partial charge in [0.25, 0.3) is 0 Å². The van der Waals surface area contributed by atoms with Crippen LogP contribution in [0.1, 0.15) is 43.9 Å². The molecule has 4 nitrogen and oxygen atoms in total. The molecule has 94 valence electrons. The fourth-order valence-corrected chi connectivity index (χ4v) is 0.649. The Morgan fingerprint density at radius 3 is 2.07 bits per heavy atom. The molecule has 0 heterocycles. The van der Waals surface area contributed by atoms with E-state index in [1.807, 2.05) is 34.6 Å². The van der Waals surface area contributed by atoms with Gasteiger partial charge >= 0.3 is 0 Å². The van der Waals surface area contributed by atoms with Crippen molar-refractivity contribution in [2.45, 2.75) is 41.0 Å². The van der Waals surface area contributed by atoms with E-state index < -0.39 is 5.41 Å². The first-order valence-corrected chi connectivity index (χ1v) is 5.43. The summed E-state index contributed by atoms with van der Waals surface area (Å²) in [5.41, 5.74) is -0.395. The third-order valence-corrected chi connectivity index (χ3v) is 2.19. The molecule has 0 unspecified atom stereocenters. The van der Waals surface area contributed by atoms with Crippen molar-refractivity contribution in [1.82, 2.24) is 10.6 Å². The SMILES string of the molecule is CC.CCC(C)(C)C(=O)NCC(=O)NC.[HH].[HH]. The standard InChI is InChI=1S/C9H18N2O2.C2H6.2H2/c1-5-9(2,3)8(13)11-6-7(12)10-4;1-2;;/h5-6H2,1-4H3,(H,10,12)(H,11,13);1-2H3;2*1H. The van der Waals surface area contributed by atoms with Crippen LogP contribution in [0.25, 0.3) is 0 Å². The molecular weight excluding hydrogens is 192 g/mol. The fraction of sp³-hybridized carbons (Fsp3) is 0.818. The molecule has 0 aliphatic carbocycles. The molecule has 0 saturated carbocycles. The maximum atomic E-state index is 11.4. The second kappa shape index (κ2) is 8.26. The van der Waals surface area contributed by atoms with Gasteiger partial charge in [0.05, 0.1) is 6.54 Å². The second-order valence-electron chi connectivity index (χ2n) is 3.59. The maximum absolute atomic E-state index is 11.4. The van der Waals surface area contributed by atoms with Crippen molar-refractivity contribution in [3.8, 4) is 0 Å². The summed E-state index contributed by atoms with van der Waals surface area (Å²) in [5, 5.41) is 5.01. The minimum absolute atomic E-state index is 0. The number of rotatable bonds is 4. The smallest absolute Gasteiger partial charge is 0.239 e. The van der Waals surface area contributed by atoms with Gasteiger partial charge in [-0.25, -0.2) is 0 Å². The van der Waals surface area contributed by atoms with E-state index in [0.717, 1.165) is 6.42 Å². The van der Waals surface area contributed by atoms with Gasteiger partial charge in [0.1, 0.15) is 0 Å². The molecule has 0 bridgehead atoms. The highest BCUT2D eigenvalue weighted by molar-refractivity contribution is 5.87. The van der Waals surface area contributed by atoms with E-state index in [9.17, 15) is 9.59 Å². The number of hydrogen-bond acceptors (Lipinski definition) is 2. The van der Waals surface area contributed by atoms with E-state index in [4.69, 9.17) is 0 Å². The van der Waals surface area contributed by atoms with Gasteiger partial charge in [-0.15, -0.1) is 0 Å². The van der Waals surface area contributed by atoms with Crippen LogP contribution in [0.15, 0.2) is 0 Å². The average molecular weight is 220 g/mol. The number of carbonyl (C=O) groups is 2. The summed E-state index contributed by atoms with van der Waals surface area (Å²) in [7, 11) is 1.54. The van der Waals surface area contributed by atoms with Gasteiger partial charge in [-0.3, -0.25) is 9.59 Å². The van der Waals surface area contributed by atoms with Gasteiger partial charge in [-0.1, -0.05) is 34.6 Å². The van der Waals surface area contributed by atoms with Crippen molar-refractivity contribution in [3.05, 3.63) is 0 Å². The van der Waals surface area contributed by atoms with E-state index in [0.29, 0.717) is 0 Å². The van der Waals surface area contributed by atoms with Crippen molar-refractivity contribution in [2.75, 3.05) is 13.6 Å². The van der Waals surface area contributed by atoms with Crippen LogP contribution in [0, 0.1) is 5.41 Å². The maximum Gasteiger partial charge on any atom is 0.239 e. The highest BCUT2D eigenvalue weighted by Gasteiger charge is 2.24. The van der Waals surface area contributed by atoms with Crippen molar-refractivity contribution in [1.29, 1.82) is 0 Å². The van der Waals surface area contributed by atoms with Crippen LogP contribution in [0.5, 0.6) is 0 Å². The summed E-state index contributed by atoms with van der Waals surface area (Å²) < 4.78 is 0. The summed E-state index contributed by atoms with van der Waals surface area (Å²) in [5.74, 6) is -0.265. The Hall–Kier alpha value is -1.06. The Morgan fingerprint density at radius 1 is 1.27 bits per heavy atom. The molecule has 0 fully saturated rings. The van der Waals surface area contributed by atoms with Crippen molar-refractivity contribution >= 4 is 11.8 Å². The zero-order chi connectivity index (χ0) is 12.5.